The molecule has 0 unspecified atom stereocenters. The highest BCUT2D eigenvalue weighted by Gasteiger charge is 2.73. The molecule has 45 heavy (non-hydrogen) atoms. The first-order valence-corrected chi connectivity index (χ1v) is 18.0. The monoisotopic (exact) mass is 631 g/mol. The van der Waals surface area contributed by atoms with Crippen molar-refractivity contribution in [3.05, 3.63) is 11.6 Å². The van der Waals surface area contributed by atoms with Gasteiger partial charge in [0, 0.05) is 31.7 Å². The Morgan fingerprint density at radius 3 is 2.73 bits per heavy atom. The average Bonchev–Trinajstić information content (AvgIpc) is 3.50. The van der Waals surface area contributed by atoms with Crippen LogP contribution >= 0.6 is 0 Å². The zero-order valence-electron chi connectivity index (χ0n) is 27.7. The van der Waals surface area contributed by atoms with Gasteiger partial charge in [0.05, 0.1) is 23.4 Å². The molecular weight excluding hydrogens is 574 g/mol. The van der Waals surface area contributed by atoms with Crippen LogP contribution in [0.3, 0.4) is 0 Å². The highest BCUT2D eigenvalue weighted by Crippen LogP contribution is 2.73. The minimum Gasteiger partial charge on any atom is -0.387 e. The number of carbonyl (C=O) groups excluding carboxylic acids is 1. The molecule has 1 spiro atoms. The Labute approximate surface area is 268 Å². The topological polar surface area (TPSA) is 138 Å². The second-order valence-corrected chi connectivity index (χ2v) is 16.6. The number of carbonyl (C=O) groups is 1. The van der Waals surface area contributed by atoms with Crippen molar-refractivity contribution < 1.29 is 39.4 Å². The first kappa shape index (κ1) is 32.6. The number of fused-ring (bicyclic) bond motifs is 7. The van der Waals surface area contributed by atoms with Crippen LogP contribution in [0.1, 0.15) is 91.4 Å². The number of allylic oxidation sites excluding steroid dienone is 1. The maximum Gasteiger partial charge on any atom is 0.159 e. The molecule has 7 rings (SSSR count). The van der Waals surface area contributed by atoms with Gasteiger partial charge in [0.2, 0.25) is 0 Å². The lowest BCUT2D eigenvalue weighted by molar-refractivity contribution is -0.218. The number of hydrogen-bond donors (Lipinski definition) is 5. The van der Waals surface area contributed by atoms with Gasteiger partial charge in [-0.1, -0.05) is 20.3 Å². The van der Waals surface area contributed by atoms with E-state index in [9.17, 15) is 25.2 Å². The zero-order valence-corrected chi connectivity index (χ0v) is 27.7. The van der Waals surface area contributed by atoms with E-state index in [-0.39, 0.29) is 46.9 Å². The summed E-state index contributed by atoms with van der Waals surface area (Å²) in [5, 5.41) is 51.0. The van der Waals surface area contributed by atoms with Gasteiger partial charge in [0.25, 0.3) is 0 Å². The van der Waals surface area contributed by atoms with E-state index >= 15 is 0 Å². The van der Waals surface area contributed by atoms with Crippen LogP contribution < -0.4 is 5.32 Å². The van der Waals surface area contributed by atoms with Gasteiger partial charge in [-0.2, -0.15) is 0 Å². The second-order valence-electron chi connectivity index (χ2n) is 16.6. The van der Waals surface area contributed by atoms with Crippen molar-refractivity contribution in [1.29, 1.82) is 0 Å². The van der Waals surface area contributed by atoms with Crippen molar-refractivity contribution in [3.63, 3.8) is 0 Å². The summed E-state index contributed by atoms with van der Waals surface area (Å²) in [6, 6.07) is 0. The number of hydrogen-bond acceptors (Lipinski definition) is 9. The molecule has 2 saturated heterocycles. The van der Waals surface area contributed by atoms with E-state index in [4.69, 9.17) is 14.2 Å². The fraction of sp³-hybridized carbons (Fsp3) is 0.917. The Bertz CT molecular complexity index is 1180. The first-order valence-electron chi connectivity index (χ1n) is 18.0. The van der Waals surface area contributed by atoms with Crippen LogP contribution in [0.25, 0.3) is 0 Å². The molecular formula is C36H57NO8. The lowest BCUT2D eigenvalue weighted by Crippen LogP contribution is -2.67. The normalized spacial score (nSPS) is 50.9. The second kappa shape index (κ2) is 11.6. The van der Waals surface area contributed by atoms with Gasteiger partial charge in [-0.15, -0.1) is 0 Å². The number of aliphatic hydroxyl groups is 4. The zero-order chi connectivity index (χ0) is 31.9. The lowest BCUT2D eigenvalue weighted by Gasteiger charge is -2.65. The van der Waals surface area contributed by atoms with Crippen molar-refractivity contribution in [3.8, 4) is 0 Å². The predicted octanol–water partition coefficient (Wildman–Crippen LogP) is 3.11. The molecule has 2 heterocycles. The predicted molar refractivity (Wildman–Crippen MR) is 167 cm³/mol. The third-order valence-corrected chi connectivity index (χ3v) is 14.6. The molecule has 7 aliphatic rings. The molecule has 9 heteroatoms. The summed E-state index contributed by atoms with van der Waals surface area (Å²) in [6.45, 7) is 8.12. The summed E-state index contributed by atoms with van der Waals surface area (Å²) in [7, 11) is 1.70. The number of ketones is 1. The molecule has 15 atom stereocenters. The largest absolute Gasteiger partial charge is 0.387 e. The van der Waals surface area contributed by atoms with Crippen LogP contribution in [0.4, 0.5) is 0 Å². The van der Waals surface area contributed by atoms with Gasteiger partial charge < -0.3 is 34.6 Å². The van der Waals surface area contributed by atoms with E-state index in [0.29, 0.717) is 38.5 Å². The molecule has 5 aliphatic carbocycles. The van der Waals surface area contributed by atoms with E-state index < -0.39 is 41.2 Å². The van der Waals surface area contributed by atoms with Gasteiger partial charge >= 0.3 is 0 Å². The van der Waals surface area contributed by atoms with Gasteiger partial charge in [-0.25, -0.2) is 0 Å². The Hall–Kier alpha value is -0.910. The van der Waals surface area contributed by atoms with Crippen LogP contribution in [-0.4, -0.2) is 94.9 Å². The van der Waals surface area contributed by atoms with Crippen molar-refractivity contribution in [2.45, 2.75) is 133 Å². The van der Waals surface area contributed by atoms with Gasteiger partial charge in [0.15, 0.2) is 5.78 Å². The van der Waals surface area contributed by atoms with Crippen LogP contribution in [0.2, 0.25) is 0 Å². The quantitative estimate of drug-likeness (QED) is 0.256. The minimum atomic E-state index is -1.51. The van der Waals surface area contributed by atoms with Crippen LogP contribution in [0.15, 0.2) is 11.6 Å². The molecule has 9 nitrogen and oxygen atoms in total. The Kier molecular flexibility index (Phi) is 8.42. The SMILES string of the molecule is COCCCO[C@H]1CC[C@]2(C)[C@@H]3C(=CC(=O)[C@@H]2C1)[C@]1(O)CC[C@H]([C@](C)(O)[C@H](O)[C@H]2O[C@H]4[C@H](CCN[C@@H]4O)[C@H]2C)[C@]12CCC[C@H]3C2. The number of methoxy groups -OCH3 is 1. The molecule has 0 amide bonds. The summed E-state index contributed by atoms with van der Waals surface area (Å²) in [4.78, 5) is 14.0. The molecule has 0 aromatic carbocycles. The standard InChI is InChI=1S/C36H57NO8/c1-20-23-10-14-37-32(40)30(23)45-29(20)31(39)34(3,41)27-9-13-36(42)25-18-26(38)24-17-22(44-16-6-15-43-4)8-12-33(24,2)28(25)21-7-5-11-35(27,36)19-21/h18,20-24,27-32,37,39-42H,5-17,19H2,1-4H3/t20-,21+,22+,23-,24+,27-,28+,29+,30+,31-,32-,33+,34+,35-,36-/m1/s1. The first-order chi connectivity index (χ1) is 21.4. The maximum absolute atomic E-state index is 14.0. The van der Waals surface area contributed by atoms with E-state index in [2.05, 4.69) is 19.2 Å². The molecule has 5 N–H and O–H groups in total. The Morgan fingerprint density at radius 2 is 1.98 bits per heavy atom. The fourth-order valence-corrected chi connectivity index (χ4v) is 12.5. The van der Waals surface area contributed by atoms with Crippen molar-refractivity contribution in [2.75, 3.05) is 26.9 Å². The van der Waals surface area contributed by atoms with Crippen LogP contribution in [0.5, 0.6) is 0 Å². The van der Waals surface area contributed by atoms with E-state index in [1.807, 2.05) is 6.08 Å². The average molecular weight is 632 g/mol. The summed E-state index contributed by atoms with van der Waals surface area (Å²) in [5.41, 5.74) is -2.61. The van der Waals surface area contributed by atoms with Gasteiger partial charge in [-0.3, -0.25) is 10.1 Å². The van der Waals surface area contributed by atoms with E-state index in [1.165, 1.54) is 0 Å². The van der Waals surface area contributed by atoms with Crippen molar-refractivity contribution in [2.24, 2.45) is 46.3 Å². The minimum absolute atomic E-state index is 0.0181. The van der Waals surface area contributed by atoms with E-state index in [1.54, 1.807) is 14.0 Å². The molecule has 2 aliphatic heterocycles. The molecule has 0 radical (unpaired) electrons. The summed E-state index contributed by atoms with van der Waals surface area (Å²) >= 11 is 0. The summed E-state index contributed by atoms with van der Waals surface area (Å²) in [5.74, 6) is 0.227. The number of rotatable bonds is 8. The molecule has 6 fully saturated rings. The molecule has 4 saturated carbocycles. The number of nitrogens with one attached hydrogen (secondary N) is 1. The van der Waals surface area contributed by atoms with Gasteiger partial charge in [0.1, 0.15) is 18.4 Å². The van der Waals surface area contributed by atoms with Crippen LogP contribution in [0, 0.1) is 46.3 Å². The lowest BCUT2D eigenvalue weighted by atomic mass is 9.40. The number of aliphatic hydroxyl groups excluding tert-OH is 2. The highest BCUT2D eigenvalue weighted by molar-refractivity contribution is 5.95. The van der Waals surface area contributed by atoms with Crippen molar-refractivity contribution >= 4 is 5.78 Å². The Morgan fingerprint density at radius 1 is 1.18 bits per heavy atom. The Balaban J connectivity index is 1.17. The molecule has 0 aromatic heterocycles. The van der Waals surface area contributed by atoms with Crippen molar-refractivity contribution in [1.82, 2.24) is 5.32 Å². The van der Waals surface area contributed by atoms with Gasteiger partial charge in [-0.05, 0) is 124 Å². The summed E-state index contributed by atoms with van der Waals surface area (Å²) < 4.78 is 17.7. The number of piperidine rings is 1. The molecule has 0 aromatic rings. The molecule has 254 valence electrons. The molecule has 2 bridgehead atoms. The third kappa shape index (κ3) is 4.72. The fourth-order valence-electron chi connectivity index (χ4n) is 12.5. The smallest absolute Gasteiger partial charge is 0.159 e. The highest BCUT2D eigenvalue weighted by atomic mass is 16.5. The maximum atomic E-state index is 14.0. The number of ether oxygens (including phenoxy) is 3. The van der Waals surface area contributed by atoms with E-state index in [0.717, 1.165) is 63.4 Å². The van der Waals surface area contributed by atoms with Crippen LogP contribution in [-0.2, 0) is 19.0 Å². The summed E-state index contributed by atoms with van der Waals surface area (Å²) in [6.07, 6.45) is 7.88. The third-order valence-electron chi connectivity index (χ3n) is 14.6.